The van der Waals surface area contributed by atoms with Crippen molar-refractivity contribution in [2.75, 3.05) is 5.32 Å². The first-order valence-electron chi connectivity index (χ1n) is 9.16. The summed E-state index contributed by atoms with van der Waals surface area (Å²) < 4.78 is 1.77. The van der Waals surface area contributed by atoms with E-state index in [1.807, 2.05) is 43.5 Å². The number of aromatic nitrogens is 3. The average Bonchev–Trinajstić information content (AvgIpc) is 2.95. The van der Waals surface area contributed by atoms with Gasteiger partial charge in [0.25, 0.3) is 5.91 Å². The number of nitrogens with one attached hydrogen (secondary N) is 2. The summed E-state index contributed by atoms with van der Waals surface area (Å²) in [5.74, 6) is -0.245. The molecule has 3 aromatic heterocycles. The number of rotatable bonds is 2. The predicted octanol–water partition coefficient (Wildman–Crippen LogP) is 4.03. The van der Waals surface area contributed by atoms with Crippen molar-refractivity contribution in [3.63, 3.8) is 0 Å². The molecule has 0 spiro atoms. The van der Waals surface area contributed by atoms with E-state index in [-0.39, 0.29) is 16.9 Å². The van der Waals surface area contributed by atoms with Gasteiger partial charge in [0.1, 0.15) is 11.3 Å². The van der Waals surface area contributed by atoms with E-state index in [2.05, 4.69) is 36.1 Å². The van der Waals surface area contributed by atoms with E-state index in [0.717, 1.165) is 16.6 Å². The van der Waals surface area contributed by atoms with Gasteiger partial charge in [-0.15, -0.1) is 0 Å². The summed E-state index contributed by atoms with van der Waals surface area (Å²) in [6.45, 7) is 8.04. The maximum atomic E-state index is 12.9. The van der Waals surface area contributed by atoms with Gasteiger partial charge in [-0.05, 0) is 42.2 Å². The molecule has 0 atom stereocenters. The number of hydrogen-bond donors (Lipinski definition) is 2. The normalized spacial score (nSPS) is 11.9. The minimum absolute atomic E-state index is 0.154. The number of amides is 1. The Hall–Kier alpha value is -3.41. The predicted molar refractivity (Wildman–Crippen MR) is 111 cm³/mol. The lowest BCUT2D eigenvalue weighted by Gasteiger charge is -2.21. The summed E-state index contributed by atoms with van der Waals surface area (Å²) in [7, 11) is 0. The van der Waals surface area contributed by atoms with Crippen molar-refractivity contribution in [2.45, 2.75) is 33.1 Å². The molecule has 0 radical (unpaired) electrons. The van der Waals surface area contributed by atoms with Crippen LogP contribution in [0, 0.1) is 6.92 Å². The van der Waals surface area contributed by atoms with Crippen LogP contribution in [0.3, 0.4) is 0 Å². The van der Waals surface area contributed by atoms with Crippen molar-refractivity contribution in [3.8, 4) is 0 Å². The summed E-state index contributed by atoms with van der Waals surface area (Å²) in [5, 5.41) is 3.89. The second kappa shape index (κ2) is 6.34. The Morgan fingerprint density at radius 2 is 1.93 bits per heavy atom. The molecule has 0 aliphatic rings. The Bertz CT molecular complexity index is 1280. The van der Waals surface area contributed by atoms with Crippen LogP contribution >= 0.6 is 0 Å². The molecule has 0 saturated carbocycles. The quantitative estimate of drug-likeness (QED) is 0.556. The van der Waals surface area contributed by atoms with Gasteiger partial charge in [-0.25, -0.2) is 4.98 Å². The molecular formula is C22H22N4O2. The van der Waals surface area contributed by atoms with Crippen molar-refractivity contribution in [2.24, 2.45) is 0 Å². The molecule has 3 heterocycles. The van der Waals surface area contributed by atoms with Crippen LogP contribution in [-0.4, -0.2) is 20.3 Å². The third-order valence-corrected chi connectivity index (χ3v) is 4.83. The number of aryl methyl sites for hydroxylation is 1. The largest absolute Gasteiger partial charge is 0.322 e. The van der Waals surface area contributed by atoms with Crippen LogP contribution in [0.15, 0.2) is 53.5 Å². The summed E-state index contributed by atoms with van der Waals surface area (Å²) in [5.41, 5.74) is 3.85. The summed E-state index contributed by atoms with van der Waals surface area (Å²) in [4.78, 5) is 32.3. The van der Waals surface area contributed by atoms with Crippen LogP contribution < -0.4 is 10.9 Å². The lowest BCUT2D eigenvalue weighted by molar-refractivity contribution is 0.102. The Kier molecular flexibility index (Phi) is 4.07. The first kappa shape index (κ1) is 18.0. The Morgan fingerprint density at radius 1 is 1.14 bits per heavy atom. The molecule has 6 nitrogen and oxygen atoms in total. The first-order valence-corrected chi connectivity index (χ1v) is 9.16. The topological polar surface area (TPSA) is 79.3 Å². The number of pyridine rings is 2. The Labute approximate surface area is 162 Å². The summed E-state index contributed by atoms with van der Waals surface area (Å²) in [6, 6.07) is 12.8. The van der Waals surface area contributed by atoms with Crippen molar-refractivity contribution in [1.82, 2.24) is 14.4 Å². The number of nitrogens with zero attached hydrogens (tertiary/aromatic N) is 2. The molecule has 6 heteroatoms. The van der Waals surface area contributed by atoms with Crippen LogP contribution in [0.4, 0.5) is 5.69 Å². The van der Waals surface area contributed by atoms with Crippen LogP contribution in [0.5, 0.6) is 0 Å². The van der Waals surface area contributed by atoms with Crippen molar-refractivity contribution < 1.29 is 4.79 Å². The van der Waals surface area contributed by atoms with Gasteiger partial charge in [-0.1, -0.05) is 32.9 Å². The number of hydrogen-bond acceptors (Lipinski definition) is 3. The molecule has 1 aromatic carbocycles. The second-order valence-corrected chi connectivity index (χ2v) is 7.99. The Morgan fingerprint density at radius 3 is 2.68 bits per heavy atom. The minimum Gasteiger partial charge on any atom is -0.322 e. The van der Waals surface area contributed by atoms with E-state index in [0.29, 0.717) is 22.6 Å². The lowest BCUT2D eigenvalue weighted by Crippen LogP contribution is -2.18. The molecule has 28 heavy (non-hydrogen) atoms. The fourth-order valence-electron chi connectivity index (χ4n) is 3.54. The number of H-pyrrole nitrogens is 1. The fraction of sp³-hybridized carbons (Fsp3) is 0.227. The van der Waals surface area contributed by atoms with Crippen LogP contribution in [0.2, 0.25) is 0 Å². The van der Waals surface area contributed by atoms with Crippen molar-refractivity contribution in [3.05, 3.63) is 76.0 Å². The van der Waals surface area contributed by atoms with E-state index in [1.54, 1.807) is 16.5 Å². The van der Waals surface area contributed by atoms with Gasteiger partial charge >= 0.3 is 0 Å². The smallest absolute Gasteiger partial charge is 0.274 e. The summed E-state index contributed by atoms with van der Waals surface area (Å²) in [6.07, 6.45) is 1.82. The van der Waals surface area contributed by atoms with E-state index in [1.165, 1.54) is 0 Å². The maximum absolute atomic E-state index is 12.9. The number of fused-ring (bicyclic) bond motifs is 2. The zero-order valence-electron chi connectivity index (χ0n) is 16.3. The number of anilines is 1. The molecule has 4 rings (SSSR count). The van der Waals surface area contributed by atoms with Gasteiger partial charge in [0.2, 0.25) is 5.56 Å². The van der Waals surface area contributed by atoms with Crippen molar-refractivity contribution in [1.29, 1.82) is 0 Å². The molecule has 0 fully saturated rings. The van der Waals surface area contributed by atoms with Gasteiger partial charge in [0.15, 0.2) is 0 Å². The van der Waals surface area contributed by atoms with E-state index in [9.17, 15) is 9.59 Å². The molecule has 0 aliphatic carbocycles. The monoisotopic (exact) mass is 374 g/mol. The molecule has 4 aromatic rings. The van der Waals surface area contributed by atoms with E-state index >= 15 is 0 Å². The fourth-order valence-corrected chi connectivity index (χ4v) is 3.54. The number of benzene rings is 1. The highest BCUT2D eigenvalue weighted by Crippen LogP contribution is 2.29. The highest BCUT2D eigenvalue weighted by Gasteiger charge is 2.19. The third-order valence-electron chi connectivity index (χ3n) is 4.83. The highest BCUT2D eigenvalue weighted by molar-refractivity contribution is 6.05. The number of imidazole rings is 1. The maximum Gasteiger partial charge on any atom is 0.274 e. The summed E-state index contributed by atoms with van der Waals surface area (Å²) >= 11 is 0. The van der Waals surface area contributed by atoms with Crippen LogP contribution in [-0.2, 0) is 5.41 Å². The standard InChI is InChI=1S/C22H22N4O2/c1-13-20(26-10-6-5-7-18(26)23-13)21(28)24-14-8-9-15-16(22(2,3)4)12-19(27)25-17(15)11-14/h5-12H,1-4H3,(H,24,28)(H,25,27). The van der Waals surface area contributed by atoms with Gasteiger partial charge < -0.3 is 10.3 Å². The second-order valence-electron chi connectivity index (χ2n) is 7.99. The molecule has 0 bridgehead atoms. The third kappa shape index (κ3) is 3.07. The molecule has 0 saturated heterocycles. The van der Waals surface area contributed by atoms with Gasteiger partial charge in [0, 0.05) is 23.3 Å². The average molecular weight is 374 g/mol. The number of carbonyl (C=O) groups is 1. The van der Waals surface area contributed by atoms with Gasteiger partial charge in [-0.2, -0.15) is 0 Å². The van der Waals surface area contributed by atoms with E-state index < -0.39 is 0 Å². The minimum atomic E-state index is -0.245. The SMILES string of the molecule is Cc1nc2ccccn2c1C(=O)Nc1ccc2c(C(C)(C)C)cc(=O)[nH]c2c1. The molecule has 2 N–H and O–H groups in total. The number of aromatic amines is 1. The zero-order chi connectivity index (χ0) is 20.1. The van der Waals surface area contributed by atoms with Crippen LogP contribution in [0.1, 0.15) is 42.5 Å². The van der Waals surface area contributed by atoms with E-state index in [4.69, 9.17) is 0 Å². The number of carbonyl (C=O) groups excluding carboxylic acids is 1. The van der Waals surface area contributed by atoms with Gasteiger partial charge in [0.05, 0.1) is 11.2 Å². The molecule has 0 unspecified atom stereocenters. The van der Waals surface area contributed by atoms with Crippen LogP contribution in [0.25, 0.3) is 16.6 Å². The Balaban J connectivity index is 1.75. The van der Waals surface area contributed by atoms with Crippen molar-refractivity contribution >= 4 is 28.1 Å². The lowest BCUT2D eigenvalue weighted by atomic mass is 9.85. The zero-order valence-corrected chi connectivity index (χ0v) is 16.3. The highest BCUT2D eigenvalue weighted by atomic mass is 16.2. The molecule has 0 aliphatic heterocycles. The molecule has 1 amide bonds. The van der Waals surface area contributed by atoms with Gasteiger partial charge in [-0.3, -0.25) is 14.0 Å². The molecular weight excluding hydrogens is 352 g/mol. The molecule has 142 valence electrons. The first-order chi connectivity index (χ1) is 13.2.